The van der Waals surface area contributed by atoms with Gasteiger partial charge in [0.15, 0.2) is 0 Å². The zero-order valence-electron chi connectivity index (χ0n) is 7.81. The van der Waals surface area contributed by atoms with Gasteiger partial charge in [0, 0.05) is 5.92 Å². The van der Waals surface area contributed by atoms with Gasteiger partial charge in [0.25, 0.3) is 0 Å². The molecule has 0 saturated carbocycles. The molecule has 0 spiro atoms. The molecule has 0 rings (SSSR count). The Labute approximate surface area is 69.8 Å². The van der Waals surface area contributed by atoms with Gasteiger partial charge in [0.1, 0.15) is 0 Å². The molecule has 1 nitrogen and oxygen atoms in total. The highest BCUT2D eigenvalue weighted by atomic mass is 16.5. The first-order chi connectivity index (χ1) is 5.13. The maximum atomic E-state index is 5.30. The van der Waals surface area contributed by atoms with E-state index in [9.17, 15) is 0 Å². The third-order valence-corrected chi connectivity index (χ3v) is 1.72. The van der Waals surface area contributed by atoms with E-state index in [1.54, 1.807) is 0 Å². The van der Waals surface area contributed by atoms with Crippen molar-refractivity contribution in [1.82, 2.24) is 0 Å². The summed E-state index contributed by atoms with van der Waals surface area (Å²) in [5, 5.41) is 0. The van der Waals surface area contributed by atoms with Crippen molar-refractivity contribution in [3.05, 3.63) is 24.5 Å². The van der Waals surface area contributed by atoms with Crippen molar-refractivity contribution in [3.8, 4) is 0 Å². The molecule has 0 radical (unpaired) electrons. The average Bonchev–Trinajstić information content (AvgIpc) is 1.88. The standard InChI is InChI=1S/C10H18O/c1-6-10(8(3)4)9(5)11-7-2/h10H,3,5-7H2,1-2,4H3. The van der Waals surface area contributed by atoms with Crippen molar-refractivity contribution < 1.29 is 4.74 Å². The van der Waals surface area contributed by atoms with E-state index < -0.39 is 0 Å². The molecule has 0 aromatic heterocycles. The van der Waals surface area contributed by atoms with Gasteiger partial charge in [-0.2, -0.15) is 0 Å². The van der Waals surface area contributed by atoms with Crippen LogP contribution in [-0.4, -0.2) is 6.61 Å². The molecule has 0 heterocycles. The van der Waals surface area contributed by atoms with Crippen LogP contribution in [0.5, 0.6) is 0 Å². The Morgan fingerprint density at radius 3 is 2.18 bits per heavy atom. The van der Waals surface area contributed by atoms with Crippen LogP contribution in [0, 0.1) is 5.92 Å². The fourth-order valence-electron chi connectivity index (χ4n) is 1.14. The summed E-state index contributed by atoms with van der Waals surface area (Å²) in [5.74, 6) is 1.18. The topological polar surface area (TPSA) is 9.23 Å². The van der Waals surface area contributed by atoms with Gasteiger partial charge >= 0.3 is 0 Å². The average molecular weight is 154 g/mol. The molecule has 1 unspecified atom stereocenters. The molecule has 0 aliphatic carbocycles. The van der Waals surface area contributed by atoms with E-state index in [2.05, 4.69) is 20.1 Å². The molecule has 0 N–H and O–H groups in total. The third-order valence-electron chi connectivity index (χ3n) is 1.72. The second-order valence-corrected chi connectivity index (χ2v) is 2.71. The molecule has 1 heteroatoms. The van der Waals surface area contributed by atoms with Crippen molar-refractivity contribution in [2.24, 2.45) is 5.92 Å². The number of hydrogen-bond acceptors (Lipinski definition) is 1. The molecule has 0 aliphatic rings. The number of hydrogen-bond donors (Lipinski definition) is 0. The zero-order valence-corrected chi connectivity index (χ0v) is 7.81. The van der Waals surface area contributed by atoms with Crippen LogP contribution in [0.4, 0.5) is 0 Å². The van der Waals surface area contributed by atoms with Crippen molar-refractivity contribution in [2.45, 2.75) is 27.2 Å². The van der Waals surface area contributed by atoms with Gasteiger partial charge in [-0.05, 0) is 20.3 Å². The predicted molar refractivity (Wildman–Crippen MR) is 49.4 cm³/mol. The van der Waals surface area contributed by atoms with Crippen LogP contribution >= 0.6 is 0 Å². The van der Waals surface area contributed by atoms with Gasteiger partial charge in [0.05, 0.1) is 12.4 Å². The van der Waals surface area contributed by atoms with Crippen molar-refractivity contribution >= 4 is 0 Å². The van der Waals surface area contributed by atoms with Crippen LogP contribution in [0.25, 0.3) is 0 Å². The minimum Gasteiger partial charge on any atom is -0.498 e. The Kier molecular flexibility index (Phi) is 4.67. The molecule has 0 fully saturated rings. The SMILES string of the molecule is C=C(C)C(CC)C(=C)OCC. The van der Waals surface area contributed by atoms with Gasteiger partial charge in [-0.15, -0.1) is 0 Å². The van der Waals surface area contributed by atoms with E-state index >= 15 is 0 Å². The summed E-state index contributed by atoms with van der Waals surface area (Å²) in [6, 6.07) is 0. The Bertz CT molecular complexity index is 147. The molecule has 0 aliphatic heterocycles. The van der Waals surface area contributed by atoms with E-state index in [1.807, 2.05) is 13.8 Å². The van der Waals surface area contributed by atoms with E-state index in [0.717, 1.165) is 17.8 Å². The lowest BCUT2D eigenvalue weighted by atomic mass is 9.97. The van der Waals surface area contributed by atoms with Crippen LogP contribution in [0.3, 0.4) is 0 Å². The Morgan fingerprint density at radius 1 is 1.36 bits per heavy atom. The van der Waals surface area contributed by atoms with Crippen molar-refractivity contribution in [2.75, 3.05) is 6.61 Å². The molecule has 0 bridgehead atoms. The van der Waals surface area contributed by atoms with Gasteiger partial charge in [0.2, 0.25) is 0 Å². The van der Waals surface area contributed by atoms with Crippen molar-refractivity contribution in [3.63, 3.8) is 0 Å². The monoisotopic (exact) mass is 154 g/mol. The van der Waals surface area contributed by atoms with Crippen LogP contribution in [0.15, 0.2) is 24.5 Å². The largest absolute Gasteiger partial charge is 0.498 e. The molecule has 0 aromatic rings. The van der Waals surface area contributed by atoms with Gasteiger partial charge in [-0.25, -0.2) is 0 Å². The maximum Gasteiger partial charge on any atom is 0.0958 e. The number of ether oxygens (including phenoxy) is 1. The summed E-state index contributed by atoms with van der Waals surface area (Å²) in [6.07, 6.45) is 1.02. The lowest BCUT2D eigenvalue weighted by Crippen LogP contribution is -2.06. The summed E-state index contributed by atoms with van der Waals surface area (Å²) >= 11 is 0. The summed E-state index contributed by atoms with van der Waals surface area (Å²) < 4.78 is 5.30. The third kappa shape index (κ3) is 3.26. The quantitative estimate of drug-likeness (QED) is 0.436. The van der Waals surface area contributed by atoms with Gasteiger partial charge < -0.3 is 4.74 Å². The predicted octanol–water partition coefficient (Wildman–Crippen LogP) is 3.14. The normalized spacial score (nSPS) is 12.3. The Morgan fingerprint density at radius 2 is 1.91 bits per heavy atom. The summed E-state index contributed by atoms with van der Waals surface area (Å²) in [5.41, 5.74) is 1.13. The molecule has 11 heavy (non-hydrogen) atoms. The molecular weight excluding hydrogens is 136 g/mol. The summed E-state index contributed by atoms with van der Waals surface area (Å²) in [6.45, 7) is 14.5. The van der Waals surface area contributed by atoms with Crippen LogP contribution < -0.4 is 0 Å². The molecule has 0 saturated heterocycles. The summed E-state index contributed by atoms with van der Waals surface area (Å²) in [4.78, 5) is 0. The first-order valence-corrected chi connectivity index (χ1v) is 4.10. The van der Waals surface area contributed by atoms with E-state index in [1.165, 1.54) is 0 Å². The highest BCUT2D eigenvalue weighted by Crippen LogP contribution is 2.21. The first kappa shape index (κ1) is 10.3. The lowest BCUT2D eigenvalue weighted by molar-refractivity contribution is 0.200. The smallest absolute Gasteiger partial charge is 0.0958 e. The zero-order chi connectivity index (χ0) is 8.85. The fourth-order valence-corrected chi connectivity index (χ4v) is 1.14. The van der Waals surface area contributed by atoms with Crippen LogP contribution in [0.1, 0.15) is 27.2 Å². The van der Waals surface area contributed by atoms with Gasteiger partial charge in [-0.3, -0.25) is 0 Å². The maximum absolute atomic E-state index is 5.30. The van der Waals surface area contributed by atoms with Crippen LogP contribution in [0.2, 0.25) is 0 Å². The molecule has 0 aromatic carbocycles. The van der Waals surface area contributed by atoms with Gasteiger partial charge in [-0.1, -0.05) is 25.7 Å². The van der Waals surface area contributed by atoms with Crippen LogP contribution in [-0.2, 0) is 4.74 Å². The highest BCUT2D eigenvalue weighted by Gasteiger charge is 2.11. The molecule has 64 valence electrons. The van der Waals surface area contributed by atoms with E-state index in [-0.39, 0.29) is 0 Å². The summed E-state index contributed by atoms with van der Waals surface area (Å²) in [7, 11) is 0. The number of rotatable bonds is 5. The minimum absolute atomic E-state index is 0.329. The second-order valence-electron chi connectivity index (χ2n) is 2.71. The Hall–Kier alpha value is -0.720. The molecular formula is C10H18O. The van der Waals surface area contributed by atoms with Crippen molar-refractivity contribution in [1.29, 1.82) is 0 Å². The van der Waals surface area contributed by atoms with E-state index in [0.29, 0.717) is 12.5 Å². The number of allylic oxidation sites excluding steroid dienone is 1. The first-order valence-electron chi connectivity index (χ1n) is 4.10. The Balaban J connectivity index is 4.03. The lowest BCUT2D eigenvalue weighted by Gasteiger charge is -2.17. The second kappa shape index (κ2) is 5.00. The minimum atomic E-state index is 0.329. The van der Waals surface area contributed by atoms with E-state index in [4.69, 9.17) is 4.74 Å². The molecule has 0 amide bonds. The molecule has 1 atom stereocenters. The fraction of sp³-hybridized carbons (Fsp3) is 0.600. The highest BCUT2D eigenvalue weighted by molar-refractivity contribution is 5.09.